The van der Waals surface area contributed by atoms with Crippen molar-refractivity contribution >= 4 is 17.5 Å². The molecule has 0 bridgehead atoms. The Kier molecular flexibility index (Phi) is 4.19. The molecule has 5 heteroatoms. The summed E-state index contributed by atoms with van der Waals surface area (Å²) in [5.41, 5.74) is 5.73. The first-order valence-electron chi connectivity index (χ1n) is 6.09. The van der Waals surface area contributed by atoms with Crippen molar-refractivity contribution in [2.45, 2.75) is 25.3 Å². The average molecular weight is 271 g/mol. The summed E-state index contributed by atoms with van der Waals surface area (Å²) in [5.74, 6) is -0.867. The largest absolute Gasteiger partial charge is 0.334 e. The lowest BCUT2D eigenvalue weighted by Gasteiger charge is -2.35. The van der Waals surface area contributed by atoms with E-state index in [4.69, 9.17) is 17.3 Å². The molecule has 3 nitrogen and oxygen atoms in total. The number of carbonyl (C=O) groups excluding carboxylic acids is 1. The quantitative estimate of drug-likeness (QED) is 0.897. The first kappa shape index (κ1) is 13.3. The van der Waals surface area contributed by atoms with Gasteiger partial charge >= 0.3 is 0 Å². The monoisotopic (exact) mass is 270 g/mol. The molecule has 18 heavy (non-hydrogen) atoms. The second kappa shape index (κ2) is 5.67. The molecule has 0 saturated carbocycles. The Hall–Kier alpha value is -1.13. The van der Waals surface area contributed by atoms with Crippen LogP contribution in [0.3, 0.4) is 0 Å². The van der Waals surface area contributed by atoms with Crippen molar-refractivity contribution in [2.24, 2.45) is 5.73 Å². The van der Waals surface area contributed by atoms with Crippen LogP contribution >= 0.6 is 11.6 Å². The first-order chi connectivity index (χ1) is 8.63. The Morgan fingerprint density at radius 3 is 2.94 bits per heavy atom. The maximum Gasteiger partial charge on any atom is 0.257 e. The molecule has 0 aliphatic carbocycles. The van der Waals surface area contributed by atoms with Gasteiger partial charge in [0.2, 0.25) is 0 Å². The van der Waals surface area contributed by atoms with Gasteiger partial charge in [-0.25, -0.2) is 4.39 Å². The molecule has 1 aromatic carbocycles. The lowest BCUT2D eigenvalue weighted by atomic mass is 10.0. The molecule has 2 N–H and O–H groups in total. The van der Waals surface area contributed by atoms with Gasteiger partial charge in [0.15, 0.2) is 0 Å². The van der Waals surface area contributed by atoms with Gasteiger partial charge in [-0.2, -0.15) is 0 Å². The maximum absolute atomic E-state index is 13.7. The number of rotatable bonds is 2. The second-order valence-corrected chi connectivity index (χ2v) is 4.94. The minimum absolute atomic E-state index is 0.0151. The summed E-state index contributed by atoms with van der Waals surface area (Å²) < 4.78 is 13.7. The number of likely N-dealkylation sites (tertiary alicyclic amines) is 1. The topological polar surface area (TPSA) is 46.3 Å². The van der Waals surface area contributed by atoms with Crippen LogP contribution in [-0.4, -0.2) is 29.9 Å². The summed E-state index contributed by atoms with van der Waals surface area (Å²) in [4.78, 5) is 14.0. The molecule has 0 aromatic heterocycles. The van der Waals surface area contributed by atoms with Gasteiger partial charge in [-0.1, -0.05) is 11.6 Å². The molecule has 98 valence electrons. The highest BCUT2D eigenvalue weighted by molar-refractivity contribution is 6.30. The lowest BCUT2D eigenvalue weighted by Crippen LogP contribution is -2.47. The van der Waals surface area contributed by atoms with Crippen LogP contribution in [0.25, 0.3) is 0 Å². The smallest absolute Gasteiger partial charge is 0.257 e. The molecule has 1 fully saturated rings. The van der Waals surface area contributed by atoms with Gasteiger partial charge in [0.05, 0.1) is 5.56 Å². The van der Waals surface area contributed by atoms with Crippen LogP contribution in [-0.2, 0) is 0 Å². The molecule has 1 atom stereocenters. The first-order valence-corrected chi connectivity index (χ1v) is 6.47. The highest BCUT2D eigenvalue weighted by Crippen LogP contribution is 2.21. The number of hydrogen-bond acceptors (Lipinski definition) is 2. The number of nitrogens with zero attached hydrogens (tertiary/aromatic N) is 1. The summed E-state index contributed by atoms with van der Waals surface area (Å²) in [5, 5.41) is 0.290. The minimum Gasteiger partial charge on any atom is -0.334 e. The molecule has 0 spiro atoms. The summed E-state index contributed by atoms with van der Waals surface area (Å²) in [6, 6.07) is 4.14. The van der Waals surface area contributed by atoms with E-state index in [-0.39, 0.29) is 22.5 Å². The summed E-state index contributed by atoms with van der Waals surface area (Å²) in [6.07, 6.45) is 2.89. The zero-order valence-electron chi connectivity index (χ0n) is 10.0. The number of amides is 1. The maximum atomic E-state index is 13.7. The predicted molar refractivity (Wildman–Crippen MR) is 69.1 cm³/mol. The fourth-order valence-corrected chi connectivity index (χ4v) is 2.49. The highest BCUT2D eigenvalue weighted by atomic mass is 35.5. The Morgan fingerprint density at radius 1 is 1.50 bits per heavy atom. The van der Waals surface area contributed by atoms with E-state index in [2.05, 4.69) is 0 Å². The van der Waals surface area contributed by atoms with E-state index >= 15 is 0 Å². The summed E-state index contributed by atoms with van der Waals surface area (Å²) in [7, 11) is 0. The van der Waals surface area contributed by atoms with Gasteiger partial charge in [-0.3, -0.25) is 4.79 Å². The van der Waals surface area contributed by atoms with Crippen molar-refractivity contribution in [3.8, 4) is 0 Å². The van der Waals surface area contributed by atoms with Crippen molar-refractivity contribution in [3.63, 3.8) is 0 Å². The van der Waals surface area contributed by atoms with Crippen molar-refractivity contribution in [2.75, 3.05) is 13.1 Å². The number of carbonyl (C=O) groups is 1. The molecule has 1 aromatic rings. The van der Waals surface area contributed by atoms with E-state index < -0.39 is 5.82 Å². The second-order valence-electron chi connectivity index (χ2n) is 4.51. The number of nitrogens with two attached hydrogens (primary N) is 1. The van der Waals surface area contributed by atoms with E-state index in [0.29, 0.717) is 13.1 Å². The van der Waals surface area contributed by atoms with Crippen molar-refractivity contribution in [1.29, 1.82) is 0 Å². The zero-order valence-corrected chi connectivity index (χ0v) is 10.8. The molecule has 1 saturated heterocycles. The van der Waals surface area contributed by atoms with Gasteiger partial charge in [0.25, 0.3) is 5.91 Å². The van der Waals surface area contributed by atoms with Gasteiger partial charge in [-0.15, -0.1) is 0 Å². The molecular weight excluding hydrogens is 255 g/mol. The van der Waals surface area contributed by atoms with E-state index in [0.717, 1.165) is 25.3 Å². The van der Waals surface area contributed by atoms with Crippen LogP contribution in [0.4, 0.5) is 4.39 Å². The Labute approximate surface area is 111 Å². The van der Waals surface area contributed by atoms with E-state index in [9.17, 15) is 9.18 Å². The summed E-state index contributed by atoms with van der Waals surface area (Å²) in [6.45, 7) is 1.06. The third kappa shape index (κ3) is 2.65. The van der Waals surface area contributed by atoms with Gasteiger partial charge < -0.3 is 10.6 Å². The predicted octanol–water partition coefficient (Wildman–Crippen LogP) is 2.43. The number of piperidine rings is 1. The SMILES string of the molecule is NC[C@@H]1CCCCN1C(=O)c1ccc(Cl)cc1F. The average Bonchev–Trinajstić information content (AvgIpc) is 2.38. The molecule has 0 radical (unpaired) electrons. The Balaban J connectivity index is 2.24. The van der Waals surface area contributed by atoms with Crippen molar-refractivity contribution in [1.82, 2.24) is 4.90 Å². The molecule has 2 rings (SSSR count). The Morgan fingerprint density at radius 2 is 2.28 bits per heavy atom. The molecule has 1 amide bonds. The summed E-state index contributed by atoms with van der Waals surface area (Å²) >= 11 is 5.68. The van der Waals surface area contributed by atoms with Gasteiger partial charge in [-0.05, 0) is 37.5 Å². The van der Waals surface area contributed by atoms with Crippen LogP contribution < -0.4 is 5.73 Å². The normalized spacial score (nSPS) is 19.9. The van der Waals surface area contributed by atoms with Crippen LogP contribution in [0.5, 0.6) is 0 Å². The van der Waals surface area contributed by atoms with E-state index in [1.165, 1.54) is 12.1 Å². The molecule has 1 heterocycles. The third-order valence-electron chi connectivity index (χ3n) is 3.32. The zero-order chi connectivity index (χ0) is 13.1. The van der Waals surface area contributed by atoms with E-state index in [1.807, 2.05) is 0 Å². The lowest BCUT2D eigenvalue weighted by molar-refractivity contribution is 0.0618. The van der Waals surface area contributed by atoms with Crippen LogP contribution in [0.15, 0.2) is 18.2 Å². The Bertz CT molecular complexity index is 453. The standard InChI is InChI=1S/C13H16ClFN2O/c14-9-4-5-11(12(15)7-9)13(18)17-6-2-1-3-10(17)8-16/h4-5,7,10H,1-3,6,8,16H2/t10-/m0/s1. The fourth-order valence-electron chi connectivity index (χ4n) is 2.33. The molecule has 0 unspecified atom stereocenters. The molecule has 1 aliphatic rings. The van der Waals surface area contributed by atoms with Crippen molar-refractivity contribution in [3.05, 3.63) is 34.6 Å². The molecular formula is C13H16ClFN2O. The third-order valence-corrected chi connectivity index (χ3v) is 3.56. The number of hydrogen-bond donors (Lipinski definition) is 1. The molecule has 1 aliphatic heterocycles. The minimum atomic E-state index is -0.575. The van der Waals surface area contributed by atoms with Gasteiger partial charge in [0.1, 0.15) is 5.82 Å². The van der Waals surface area contributed by atoms with E-state index in [1.54, 1.807) is 4.90 Å². The fraction of sp³-hybridized carbons (Fsp3) is 0.462. The van der Waals surface area contributed by atoms with Crippen molar-refractivity contribution < 1.29 is 9.18 Å². The number of halogens is 2. The highest BCUT2D eigenvalue weighted by Gasteiger charge is 2.27. The number of benzene rings is 1. The van der Waals surface area contributed by atoms with Gasteiger partial charge in [0, 0.05) is 24.2 Å². The van der Waals surface area contributed by atoms with Crippen LogP contribution in [0, 0.1) is 5.82 Å². The van der Waals surface area contributed by atoms with Crippen LogP contribution in [0.2, 0.25) is 5.02 Å². The van der Waals surface area contributed by atoms with Crippen LogP contribution in [0.1, 0.15) is 29.6 Å².